The van der Waals surface area contributed by atoms with E-state index in [0.29, 0.717) is 18.1 Å². The third kappa shape index (κ3) is 3.25. The van der Waals surface area contributed by atoms with Crippen LogP contribution in [-0.4, -0.2) is 22.4 Å². The predicted octanol–water partition coefficient (Wildman–Crippen LogP) is 4.19. The van der Waals surface area contributed by atoms with Crippen molar-refractivity contribution in [1.29, 1.82) is 0 Å². The van der Waals surface area contributed by atoms with Gasteiger partial charge in [0.25, 0.3) is 5.91 Å². The van der Waals surface area contributed by atoms with Crippen molar-refractivity contribution in [3.63, 3.8) is 0 Å². The van der Waals surface area contributed by atoms with Gasteiger partial charge in [0, 0.05) is 34.8 Å². The zero-order chi connectivity index (χ0) is 17.2. The monoisotopic (exact) mass is 394 g/mol. The third-order valence-electron chi connectivity index (χ3n) is 4.11. The molecule has 5 nitrogen and oxygen atoms in total. The fourth-order valence-corrected chi connectivity index (χ4v) is 3.30. The molecule has 1 aliphatic heterocycles. The number of halogens is 1. The lowest BCUT2D eigenvalue weighted by molar-refractivity contribution is 0.0988. The summed E-state index contributed by atoms with van der Waals surface area (Å²) < 4.78 is 0.969. The van der Waals surface area contributed by atoms with Gasteiger partial charge in [0.05, 0.1) is 5.56 Å². The van der Waals surface area contributed by atoms with Crippen molar-refractivity contribution < 1.29 is 4.79 Å². The molecule has 0 aliphatic carbocycles. The van der Waals surface area contributed by atoms with Gasteiger partial charge < -0.3 is 10.2 Å². The van der Waals surface area contributed by atoms with Gasteiger partial charge in [-0.05, 0) is 36.2 Å². The highest BCUT2D eigenvalue weighted by Gasteiger charge is 2.25. The smallest absolute Gasteiger partial charge is 0.261 e. The Balaban J connectivity index is 1.52. The maximum atomic E-state index is 12.7. The minimum absolute atomic E-state index is 0.0704. The van der Waals surface area contributed by atoms with Gasteiger partial charge in [-0.15, -0.1) is 0 Å². The lowest BCUT2D eigenvalue weighted by Crippen LogP contribution is -2.29. The van der Waals surface area contributed by atoms with Crippen molar-refractivity contribution in [3.05, 3.63) is 76.5 Å². The standard InChI is InChI=1S/C19H15BrN4O/c20-15-5-3-6-16(10-15)23-19-21-11-14(12-22-19)18(25)24-9-8-13-4-1-2-7-17(13)24/h1-7,10-12H,8-9H2,(H,21,22,23). The number of amides is 1. The highest BCUT2D eigenvalue weighted by Crippen LogP contribution is 2.28. The van der Waals surface area contributed by atoms with Crippen LogP contribution in [0.25, 0.3) is 0 Å². The molecule has 6 heteroatoms. The minimum Gasteiger partial charge on any atom is -0.324 e. The number of aromatic nitrogens is 2. The van der Waals surface area contributed by atoms with Gasteiger partial charge in [-0.2, -0.15) is 0 Å². The second-order valence-corrected chi connectivity index (χ2v) is 6.68. The molecule has 1 N–H and O–H groups in total. The first-order valence-corrected chi connectivity index (χ1v) is 8.74. The average molecular weight is 395 g/mol. The van der Waals surface area contributed by atoms with E-state index in [2.05, 4.69) is 37.3 Å². The van der Waals surface area contributed by atoms with Crippen LogP contribution in [0.4, 0.5) is 17.3 Å². The maximum absolute atomic E-state index is 12.7. The quantitative estimate of drug-likeness (QED) is 0.723. The van der Waals surface area contributed by atoms with Gasteiger partial charge in [0.2, 0.25) is 5.95 Å². The number of nitrogens with one attached hydrogen (secondary N) is 1. The molecule has 0 saturated carbocycles. The van der Waals surface area contributed by atoms with E-state index in [1.54, 1.807) is 17.3 Å². The van der Waals surface area contributed by atoms with Gasteiger partial charge in [-0.1, -0.05) is 40.2 Å². The zero-order valence-corrected chi connectivity index (χ0v) is 14.9. The Morgan fingerprint density at radius 2 is 1.88 bits per heavy atom. The van der Waals surface area contributed by atoms with E-state index >= 15 is 0 Å². The minimum atomic E-state index is -0.0704. The Morgan fingerprint density at radius 1 is 1.08 bits per heavy atom. The van der Waals surface area contributed by atoms with Gasteiger partial charge in [-0.25, -0.2) is 9.97 Å². The summed E-state index contributed by atoms with van der Waals surface area (Å²) in [7, 11) is 0. The summed E-state index contributed by atoms with van der Waals surface area (Å²) in [5, 5.41) is 3.12. The number of rotatable bonds is 3. The highest BCUT2D eigenvalue weighted by atomic mass is 79.9. The molecule has 0 fully saturated rings. The largest absolute Gasteiger partial charge is 0.324 e. The maximum Gasteiger partial charge on any atom is 0.261 e. The van der Waals surface area contributed by atoms with Crippen molar-refractivity contribution in [3.8, 4) is 0 Å². The van der Waals surface area contributed by atoms with Crippen molar-refractivity contribution in [2.75, 3.05) is 16.8 Å². The molecule has 0 bridgehead atoms. The normalized spacial score (nSPS) is 12.8. The van der Waals surface area contributed by atoms with Crippen LogP contribution >= 0.6 is 15.9 Å². The molecule has 4 rings (SSSR count). The Labute approximate surface area is 153 Å². The summed E-state index contributed by atoms with van der Waals surface area (Å²) in [6, 6.07) is 15.7. The third-order valence-corrected chi connectivity index (χ3v) is 4.61. The molecule has 1 aliphatic rings. The first-order valence-electron chi connectivity index (χ1n) is 7.95. The Hall–Kier alpha value is -2.73. The molecule has 0 radical (unpaired) electrons. The van der Waals surface area contributed by atoms with Crippen molar-refractivity contribution in [1.82, 2.24) is 9.97 Å². The number of fused-ring (bicyclic) bond motifs is 1. The molecule has 124 valence electrons. The van der Waals surface area contributed by atoms with E-state index in [1.807, 2.05) is 42.5 Å². The summed E-state index contributed by atoms with van der Waals surface area (Å²) in [5.41, 5.74) is 3.53. The summed E-state index contributed by atoms with van der Waals surface area (Å²) in [6.07, 6.45) is 4.01. The molecule has 0 spiro atoms. The SMILES string of the molecule is O=C(c1cnc(Nc2cccc(Br)c2)nc1)N1CCc2ccccc21. The van der Waals surface area contributed by atoms with Gasteiger partial charge in [0.1, 0.15) is 0 Å². The van der Waals surface area contributed by atoms with Gasteiger partial charge >= 0.3 is 0 Å². The van der Waals surface area contributed by atoms with Crippen molar-refractivity contribution in [2.45, 2.75) is 6.42 Å². The number of para-hydroxylation sites is 1. The summed E-state index contributed by atoms with van der Waals surface area (Å²) in [4.78, 5) is 23.1. The van der Waals surface area contributed by atoms with Crippen LogP contribution in [0.2, 0.25) is 0 Å². The molecular formula is C19H15BrN4O. The number of nitrogens with zero attached hydrogens (tertiary/aromatic N) is 3. The first-order chi connectivity index (χ1) is 12.2. The molecule has 25 heavy (non-hydrogen) atoms. The number of carbonyl (C=O) groups excluding carboxylic acids is 1. The van der Waals surface area contributed by atoms with Crippen LogP contribution in [0, 0.1) is 0 Å². The molecule has 0 atom stereocenters. The van der Waals surface area contributed by atoms with Crippen LogP contribution in [0.3, 0.4) is 0 Å². The summed E-state index contributed by atoms with van der Waals surface area (Å²) in [6.45, 7) is 0.691. The van der Waals surface area contributed by atoms with Crippen LogP contribution in [0.15, 0.2) is 65.4 Å². The molecule has 1 aromatic heterocycles. The molecule has 0 unspecified atom stereocenters. The van der Waals surface area contributed by atoms with Crippen LogP contribution < -0.4 is 10.2 Å². The number of hydrogen-bond acceptors (Lipinski definition) is 4. The molecule has 0 saturated heterocycles. The molecule has 3 aromatic rings. The van der Waals surface area contributed by atoms with E-state index in [-0.39, 0.29) is 5.91 Å². The average Bonchev–Trinajstić information content (AvgIpc) is 3.06. The molecule has 2 aromatic carbocycles. The van der Waals surface area contributed by atoms with Crippen LogP contribution in [0.5, 0.6) is 0 Å². The van der Waals surface area contributed by atoms with E-state index < -0.39 is 0 Å². The fraction of sp³-hybridized carbons (Fsp3) is 0.105. The predicted molar refractivity (Wildman–Crippen MR) is 101 cm³/mol. The number of hydrogen-bond donors (Lipinski definition) is 1. The van der Waals surface area contributed by atoms with E-state index in [9.17, 15) is 4.79 Å². The van der Waals surface area contributed by atoms with Crippen molar-refractivity contribution in [2.24, 2.45) is 0 Å². The zero-order valence-electron chi connectivity index (χ0n) is 13.3. The van der Waals surface area contributed by atoms with E-state index in [0.717, 1.165) is 22.3 Å². The Morgan fingerprint density at radius 3 is 2.68 bits per heavy atom. The van der Waals surface area contributed by atoms with Gasteiger partial charge in [0.15, 0.2) is 0 Å². The number of carbonyl (C=O) groups is 1. The fourth-order valence-electron chi connectivity index (χ4n) is 2.90. The molecule has 1 amide bonds. The van der Waals surface area contributed by atoms with Crippen LogP contribution in [0.1, 0.15) is 15.9 Å². The first kappa shape index (κ1) is 15.8. The summed E-state index contributed by atoms with van der Waals surface area (Å²) in [5.74, 6) is 0.385. The van der Waals surface area contributed by atoms with Crippen molar-refractivity contribution >= 4 is 39.2 Å². The lowest BCUT2D eigenvalue weighted by Gasteiger charge is -2.17. The Bertz CT molecular complexity index is 927. The lowest BCUT2D eigenvalue weighted by atomic mass is 10.2. The van der Waals surface area contributed by atoms with Crippen LogP contribution in [-0.2, 0) is 6.42 Å². The second-order valence-electron chi connectivity index (χ2n) is 5.77. The Kier molecular flexibility index (Phi) is 4.19. The summed E-state index contributed by atoms with van der Waals surface area (Å²) >= 11 is 3.43. The molecular weight excluding hydrogens is 380 g/mol. The topological polar surface area (TPSA) is 58.1 Å². The molecule has 2 heterocycles. The number of anilines is 3. The van der Waals surface area contributed by atoms with Gasteiger partial charge in [-0.3, -0.25) is 4.79 Å². The highest BCUT2D eigenvalue weighted by molar-refractivity contribution is 9.10. The van der Waals surface area contributed by atoms with E-state index in [1.165, 1.54) is 5.56 Å². The van der Waals surface area contributed by atoms with E-state index in [4.69, 9.17) is 0 Å². The second kappa shape index (κ2) is 6.64. The number of benzene rings is 2.